The maximum Gasteiger partial charge on any atom is 0.202 e. The third-order valence-electron chi connectivity index (χ3n) is 4.20. The summed E-state index contributed by atoms with van der Waals surface area (Å²) < 4.78 is 11.0. The van der Waals surface area contributed by atoms with Crippen molar-refractivity contribution in [3.8, 4) is 0 Å². The second kappa shape index (κ2) is 4.79. The second-order valence-corrected chi connectivity index (χ2v) is 5.66. The highest BCUT2D eigenvalue weighted by Crippen LogP contribution is 2.49. The number of ketones is 1. The lowest BCUT2D eigenvalue weighted by molar-refractivity contribution is -0.181. The Kier molecular flexibility index (Phi) is 3.67. The second-order valence-electron chi connectivity index (χ2n) is 4.80. The van der Waals surface area contributed by atoms with Crippen molar-refractivity contribution in [1.29, 1.82) is 0 Å². The minimum absolute atomic E-state index is 0.0466. The predicted octanol–water partition coefficient (Wildman–Crippen LogP) is 1.09. The van der Waals surface area contributed by atoms with Crippen molar-refractivity contribution in [1.82, 2.24) is 0 Å². The summed E-state index contributed by atoms with van der Waals surface area (Å²) in [5, 5.41) is 0. The molecule has 0 heterocycles. The van der Waals surface area contributed by atoms with Gasteiger partial charge in [-0.3, -0.25) is 4.79 Å². The Morgan fingerprint density at radius 1 is 1.50 bits per heavy atom. The van der Waals surface area contributed by atoms with Gasteiger partial charge >= 0.3 is 0 Å². The first-order chi connectivity index (χ1) is 8.61. The Morgan fingerprint density at radius 3 is 2.72 bits per heavy atom. The monoisotopic (exact) mass is 270 g/mol. The zero-order chi connectivity index (χ0) is 13.4. The van der Waals surface area contributed by atoms with Crippen molar-refractivity contribution in [2.45, 2.75) is 17.6 Å². The highest BCUT2D eigenvalue weighted by Gasteiger charge is 2.64. The lowest BCUT2D eigenvalue weighted by atomic mass is 9.58. The molecule has 0 radical (unpaired) electrons. The van der Waals surface area contributed by atoms with Crippen LogP contribution >= 0.6 is 11.8 Å². The summed E-state index contributed by atoms with van der Waals surface area (Å²) >= 11 is 1.57. The minimum Gasteiger partial charge on any atom is -0.369 e. The number of ether oxygens (including phenoxy) is 2. The van der Waals surface area contributed by atoms with Gasteiger partial charge in [-0.15, -0.1) is 0 Å². The normalized spacial score (nSPS) is 42.3. The van der Waals surface area contributed by atoms with E-state index in [1.807, 2.05) is 12.3 Å². The van der Waals surface area contributed by atoms with E-state index in [2.05, 4.69) is 0 Å². The number of hydrogen-bond acceptors (Lipinski definition) is 5. The summed E-state index contributed by atoms with van der Waals surface area (Å²) in [6.07, 6.45) is 7.08. The largest absolute Gasteiger partial charge is 0.369 e. The average molecular weight is 270 g/mol. The van der Waals surface area contributed by atoms with Crippen LogP contribution in [0.4, 0.5) is 0 Å². The van der Waals surface area contributed by atoms with Crippen LogP contribution in [-0.4, -0.2) is 49.5 Å². The third-order valence-corrected chi connectivity index (χ3v) is 4.92. The van der Waals surface area contributed by atoms with Crippen LogP contribution in [0.1, 0.15) is 6.42 Å². The van der Waals surface area contributed by atoms with Gasteiger partial charge in [0.25, 0.3) is 0 Å². The first kappa shape index (κ1) is 13.8. The van der Waals surface area contributed by atoms with Crippen LogP contribution in [-0.2, 0) is 19.1 Å². The summed E-state index contributed by atoms with van der Waals surface area (Å²) in [6.45, 7) is 0. The molecule has 0 aromatic carbocycles. The Hall–Kier alpha value is -0.650. The quantitative estimate of drug-likeness (QED) is 0.553. The number of fused-ring (bicyclic) bond motifs is 2. The van der Waals surface area contributed by atoms with E-state index in [9.17, 15) is 9.59 Å². The number of carbonyl (C=O) groups is 2. The summed E-state index contributed by atoms with van der Waals surface area (Å²) in [6, 6.07) is 0. The van der Waals surface area contributed by atoms with Gasteiger partial charge in [0.1, 0.15) is 11.9 Å². The molecular weight excluding hydrogens is 252 g/mol. The van der Waals surface area contributed by atoms with E-state index in [1.165, 1.54) is 7.11 Å². The van der Waals surface area contributed by atoms with E-state index < -0.39 is 17.1 Å². The Balaban J connectivity index is 2.50. The summed E-state index contributed by atoms with van der Waals surface area (Å²) in [4.78, 5) is 24.0. The van der Waals surface area contributed by atoms with E-state index >= 15 is 0 Å². The molecule has 0 spiro atoms. The standard InChI is InChI=1S/C13H18O4S/c1-16-12-5-4-9(6-10(12)7-14)13(17-2,8-18-3)11(12)15/h4-5,7,9-10H,6,8H2,1-3H3/t9-,10-,12-,13+/m1/s1. The topological polar surface area (TPSA) is 52.6 Å². The summed E-state index contributed by atoms with van der Waals surface area (Å²) in [5.74, 6) is 0.00334. The molecule has 0 amide bonds. The fourth-order valence-electron chi connectivity index (χ4n) is 3.16. The molecule has 5 heteroatoms. The van der Waals surface area contributed by atoms with Gasteiger partial charge in [-0.2, -0.15) is 11.8 Å². The fourth-order valence-corrected chi connectivity index (χ4v) is 4.05. The van der Waals surface area contributed by atoms with Crippen molar-refractivity contribution in [2.24, 2.45) is 11.8 Å². The molecule has 3 aliphatic carbocycles. The van der Waals surface area contributed by atoms with Crippen molar-refractivity contribution in [3.05, 3.63) is 12.2 Å². The maximum atomic E-state index is 12.8. The van der Waals surface area contributed by atoms with Gasteiger partial charge in [-0.1, -0.05) is 6.08 Å². The van der Waals surface area contributed by atoms with E-state index in [-0.39, 0.29) is 11.7 Å². The number of carbonyl (C=O) groups excluding carboxylic acids is 2. The molecule has 0 unspecified atom stereocenters. The molecule has 2 bridgehead atoms. The lowest BCUT2D eigenvalue weighted by Crippen LogP contribution is -2.68. The SMILES string of the molecule is CO[C@]12C=C[C@H](C[C@@H]1C=O)[C@](CSC)(OC)C2=O. The molecule has 0 N–H and O–H groups in total. The molecule has 1 saturated carbocycles. The van der Waals surface area contributed by atoms with Gasteiger partial charge in [-0.05, 0) is 18.8 Å². The number of rotatable bonds is 5. The number of thioether (sulfide) groups is 1. The Bertz CT molecular complexity index is 394. The van der Waals surface area contributed by atoms with Crippen LogP contribution in [0.2, 0.25) is 0 Å². The molecule has 4 atom stereocenters. The maximum absolute atomic E-state index is 12.8. The van der Waals surface area contributed by atoms with Crippen LogP contribution in [0, 0.1) is 11.8 Å². The van der Waals surface area contributed by atoms with Gasteiger partial charge in [0.15, 0.2) is 5.60 Å². The first-order valence-corrected chi connectivity index (χ1v) is 7.29. The van der Waals surface area contributed by atoms with Crippen LogP contribution in [0.15, 0.2) is 12.2 Å². The van der Waals surface area contributed by atoms with E-state index in [0.717, 1.165) is 6.29 Å². The third kappa shape index (κ3) is 1.54. The molecule has 0 saturated heterocycles. The van der Waals surface area contributed by atoms with E-state index in [1.54, 1.807) is 24.9 Å². The highest BCUT2D eigenvalue weighted by atomic mass is 32.2. The van der Waals surface area contributed by atoms with Gasteiger partial charge < -0.3 is 14.3 Å². The molecule has 1 fully saturated rings. The predicted molar refractivity (Wildman–Crippen MR) is 69.7 cm³/mol. The Morgan fingerprint density at radius 2 is 2.22 bits per heavy atom. The van der Waals surface area contributed by atoms with Gasteiger partial charge in [0, 0.05) is 25.9 Å². The number of methoxy groups -OCH3 is 2. The molecule has 0 aromatic rings. The zero-order valence-corrected chi connectivity index (χ0v) is 11.7. The van der Waals surface area contributed by atoms with E-state index in [0.29, 0.717) is 12.2 Å². The molecule has 3 aliphatic rings. The van der Waals surface area contributed by atoms with Crippen LogP contribution < -0.4 is 0 Å². The van der Waals surface area contributed by atoms with E-state index in [4.69, 9.17) is 9.47 Å². The molecular formula is C13H18O4S. The van der Waals surface area contributed by atoms with Crippen molar-refractivity contribution < 1.29 is 19.1 Å². The number of aldehydes is 1. The molecule has 4 nitrogen and oxygen atoms in total. The first-order valence-electron chi connectivity index (χ1n) is 5.90. The van der Waals surface area contributed by atoms with Crippen molar-refractivity contribution in [2.75, 3.05) is 26.2 Å². The lowest BCUT2D eigenvalue weighted by Gasteiger charge is -2.53. The molecule has 3 rings (SSSR count). The molecule has 100 valence electrons. The minimum atomic E-state index is -1.14. The molecule has 0 aliphatic heterocycles. The zero-order valence-electron chi connectivity index (χ0n) is 10.8. The fraction of sp³-hybridized carbons (Fsp3) is 0.692. The number of Topliss-reactive ketones (excluding diaryl/α,β-unsaturated/α-hetero) is 1. The van der Waals surface area contributed by atoms with Crippen molar-refractivity contribution >= 4 is 23.8 Å². The van der Waals surface area contributed by atoms with Gasteiger partial charge in [-0.25, -0.2) is 0 Å². The van der Waals surface area contributed by atoms with Gasteiger partial charge in [0.05, 0.1) is 5.92 Å². The molecule has 0 aromatic heterocycles. The van der Waals surface area contributed by atoms with Crippen LogP contribution in [0.25, 0.3) is 0 Å². The Labute approximate surface area is 111 Å². The smallest absolute Gasteiger partial charge is 0.202 e. The highest BCUT2D eigenvalue weighted by molar-refractivity contribution is 7.98. The van der Waals surface area contributed by atoms with Crippen molar-refractivity contribution in [3.63, 3.8) is 0 Å². The molecule has 18 heavy (non-hydrogen) atoms. The summed E-state index contributed by atoms with van der Waals surface area (Å²) in [5.41, 5.74) is -1.99. The summed E-state index contributed by atoms with van der Waals surface area (Å²) in [7, 11) is 3.03. The average Bonchev–Trinajstić information content (AvgIpc) is 2.42. The van der Waals surface area contributed by atoms with Gasteiger partial charge in [0.2, 0.25) is 5.78 Å². The van der Waals surface area contributed by atoms with Crippen LogP contribution in [0.5, 0.6) is 0 Å². The number of hydrogen-bond donors (Lipinski definition) is 0. The van der Waals surface area contributed by atoms with Crippen LogP contribution in [0.3, 0.4) is 0 Å².